The quantitative estimate of drug-likeness (QED) is 0.849. The molecule has 0 bridgehead atoms. The SMILES string of the molecule is Cc1ccccc1N1CCN(C(=O)c2ncc(F)cc2F)[C@H](C)C1. The summed E-state index contributed by atoms with van der Waals surface area (Å²) in [6.07, 6.45) is 0.866. The van der Waals surface area contributed by atoms with Gasteiger partial charge in [-0.2, -0.15) is 0 Å². The zero-order valence-corrected chi connectivity index (χ0v) is 13.7. The summed E-state index contributed by atoms with van der Waals surface area (Å²) in [5.41, 5.74) is 1.99. The highest BCUT2D eigenvalue weighted by atomic mass is 19.1. The fraction of sp³-hybridized carbons (Fsp3) is 0.333. The highest BCUT2D eigenvalue weighted by molar-refractivity contribution is 5.93. The minimum Gasteiger partial charge on any atom is -0.367 e. The average molecular weight is 331 g/mol. The van der Waals surface area contributed by atoms with E-state index in [2.05, 4.69) is 28.9 Å². The first kappa shape index (κ1) is 16.4. The molecule has 1 aromatic carbocycles. The lowest BCUT2D eigenvalue weighted by Gasteiger charge is -2.41. The molecule has 0 spiro atoms. The van der Waals surface area contributed by atoms with Crippen LogP contribution in [-0.4, -0.2) is 41.5 Å². The van der Waals surface area contributed by atoms with Crippen molar-refractivity contribution in [2.24, 2.45) is 0 Å². The van der Waals surface area contributed by atoms with Gasteiger partial charge >= 0.3 is 0 Å². The molecule has 1 atom stereocenters. The van der Waals surface area contributed by atoms with Gasteiger partial charge in [0.15, 0.2) is 11.5 Å². The number of pyridine rings is 1. The van der Waals surface area contributed by atoms with Crippen LogP contribution in [0, 0.1) is 18.6 Å². The van der Waals surface area contributed by atoms with Crippen molar-refractivity contribution in [3.63, 3.8) is 0 Å². The second-order valence-electron chi connectivity index (χ2n) is 6.06. The number of rotatable bonds is 2. The highest BCUT2D eigenvalue weighted by Gasteiger charge is 2.30. The summed E-state index contributed by atoms with van der Waals surface area (Å²) in [7, 11) is 0. The number of halogens is 2. The summed E-state index contributed by atoms with van der Waals surface area (Å²) >= 11 is 0. The Labute approximate surface area is 139 Å². The number of anilines is 1. The zero-order valence-electron chi connectivity index (χ0n) is 13.7. The van der Waals surface area contributed by atoms with Crippen LogP contribution in [-0.2, 0) is 0 Å². The molecule has 1 saturated heterocycles. The zero-order chi connectivity index (χ0) is 17.3. The molecule has 1 amide bonds. The predicted molar refractivity (Wildman–Crippen MR) is 88.0 cm³/mol. The van der Waals surface area contributed by atoms with Crippen molar-refractivity contribution in [2.45, 2.75) is 19.9 Å². The van der Waals surface area contributed by atoms with Gasteiger partial charge in [0.2, 0.25) is 0 Å². The summed E-state index contributed by atoms with van der Waals surface area (Å²) in [6.45, 7) is 5.75. The Bertz CT molecular complexity index is 766. The van der Waals surface area contributed by atoms with Crippen LogP contribution in [0.2, 0.25) is 0 Å². The van der Waals surface area contributed by atoms with Gasteiger partial charge in [0, 0.05) is 37.4 Å². The molecule has 24 heavy (non-hydrogen) atoms. The lowest BCUT2D eigenvalue weighted by molar-refractivity contribution is 0.0662. The van der Waals surface area contributed by atoms with E-state index in [1.165, 1.54) is 5.56 Å². The van der Waals surface area contributed by atoms with E-state index in [-0.39, 0.29) is 11.7 Å². The lowest BCUT2D eigenvalue weighted by atomic mass is 10.1. The van der Waals surface area contributed by atoms with Crippen LogP contribution >= 0.6 is 0 Å². The molecule has 0 saturated carbocycles. The van der Waals surface area contributed by atoms with Gasteiger partial charge in [-0.05, 0) is 25.5 Å². The first-order chi connectivity index (χ1) is 11.5. The number of carbonyl (C=O) groups is 1. The van der Waals surface area contributed by atoms with Crippen LogP contribution in [0.3, 0.4) is 0 Å². The number of carbonyl (C=O) groups excluding carboxylic acids is 1. The molecule has 1 aliphatic heterocycles. The monoisotopic (exact) mass is 331 g/mol. The number of amides is 1. The highest BCUT2D eigenvalue weighted by Crippen LogP contribution is 2.23. The number of aryl methyl sites for hydroxylation is 1. The predicted octanol–water partition coefficient (Wildman–Crippen LogP) is 3.02. The molecule has 6 heteroatoms. The molecular weight excluding hydrogens is 312 g/mol. The van der Waals surface area contributed by atoms with E-state index in [1.807, 2.05) is 19.1 Å². The first-order valence-corrected chi connectivity index (χ1v) is 7.90. The Balaban J connectivity index is 1.76. The van der Waals surface area contributed by atoms with Gasteiger partial charge in [0.05, 0.1) is 6.20 Å². The minimum atomic E-state index is -0.923. The summed E-state index contributed by atoms with van der Waals surface area (Å²) in [5, 5.41) is 0. The molecule has 4 nitrogen and oxygen atoms in total. The van der Waals surface area contributed by atoms with Crippen LogP contribution in [0.1, 0.15) is 23.0 Å². The van der Waals surface area contributed by atoms with E-state index in [0.717, 1.165) is 11.9 Å². The van der Waals surface area contributed by atoms with E-state index < -0.39 is 17.5 Å². The normalized spacial score (nSPS) is 17.9. The van der Waals surface area contributed by atoms with E-state index in [4.69, 9.17) is 0 Å². The Morgan fingerprint density at radius 3 is 2.67 bits per heavy atom. The van der Waals surface area contributed by atoms with Crippen molar-refractivity contribution in [3.8, 4) is 0 Å². The van der Waals surface area contributed by atoms with Crippen molar-refractivity contribution in [2.75, 3.05) is 24.5 Å². The fourth-order valence-electron chi connectivity index (χ4n) is 3.10. The third-order valence-electron chi connectivity index (χ3n) is 4.35. The number of aromatic nitrogens is 1. The molecule has 2 heterocycles. The number of nitrogens with zero attached hydrogens (tertiary/aromatic N) is 3. The minimum absolute atomic E-state index is 0.0999. The molecule has 126 valence electrons. The van der Waals surface area contributed by atoms with Crippen molar-refractivity contribution in [3.05, 3.63) is 59.4 Å². The van der Waals surface area contributed by atoms with Gasteiger partial charge in [0.25, 0.3) is 5.91 Å². The van der Waals surface area contributed by atoms with E-state index >= 15 is 0 Å². The molecule has 0 N–H and O–H groups in total. The topological polar surface area (TPSA) is 36.4 Å². The van der Waals surface area contributed by atoms with Gasteiger partial charge in [-0.15, -0.1) is 0 Å². The van der Waals surface area contributed by atoms with Crippen molar-refractivity contribution in [1.29, 1.82) is 0 Å². The second-order valence-corrected chi connectivity index (χ2v) is 6.06. The largest absolute Gasteiger partial charge is 0.367 e. The number of benzene rings is 1. The van der Waals surface area contributed by atoms with Gasteiger partial charge in [-0.25, -0.2) is 13.8 Å². The number of piperazine rings is 1. The maximum Gasteiger partial charge on any atom is 0.275 e. The van der Waals surface area contributed by atoms with Crippen LogP contribution in [0.4, 0.5) is 14.5 Å². The van der Waals surface area contributed by atoms with Crippen LogP contribution in [0.5, 0.6) is 0 Å². The van der Waals surface area contributed by atoms with E-state index in [9.17, 15) is 13.6 Å². The summed E-state index contributed by atoms with van der Waals surface area (Å²) in [4.78, 5) is 20.0. The number of hydrogen-bond acceptors (Lipinski definition) is 3. The molecule has 3 rings (SSSR count). The van der Waals surface area contributed by atoms with Crippen molar-refractivity contribution >= 4 is 11.6 Å². The number of para-hydroxylation sites is 1. The Hall–Kier alpha value is -2.50. The third-order valence-corrected chi connectivity index (χ3v) is 4.35. The third kappa shape index (κ3) is 3.09. The van der Waals surface area contributed by atoms with Crippen LogP contribution in [0.25, 0.3) is 0 Å². The van der Waals surface area contributed by atoms with Gasteiger partial charge in [0.1, 0.15) is 5.82 Å². The Morgan fingerprint density at radius 2 is 2.00 bits per heavy atom. The Kier molecular flexibility index (Phi) is 4.46. The summed E-state index contributed by atoms with van der Waals surface area (Å²) < 4.78 is 26.8. The smallest absolute Gasteiger partial charge is 0.275 e. The van der Waals surface area contributed by atoms with Gasteiger partial charge in [-0.3, -0.25) is 4.79 Å². The van der Waals surface area contributed by atoms with Gasteiger partial charge < -0.3 is 9.80 Å². The molecule has 1 fully saturated rings. The maximum atomic E-state index is 13.8. The summed E-state index contributed by atoms with van der Waals surface area (Å²) in [5.74, 6) is -2.21. The molecule has 2 aromatic rings. The van der Waals surface area contributed by atoms with Crippen LogP contribution in [0.15, 0.2) is 36.5 Å². The first-order valence-electron chi connectivity index (χ1n) is 7.90. The van der Waals surface area contributed by atoms with E-state index in [0.29, 0.717) is 25.7 Å². The molecular formula is C18H19F2N3O. The average Bonchev–Trinajstić information content (AvgIpc) is 2.54. The molecule has 0 aliphatic carbocycles. The van der Waals surface area contributed by atoms with E-state index in [1.54, 1.807) is 4.90 Å². The molecule has 1 aliphatic rings. The van der Waals surface area contributed by atoms with Gasteiger partial charge in [-0.1, -0.05) is 18.2 Å². The van der Waals surface area contributed by atoms with Crippen LogP contribution < -0.4 is 4.90 Å². The standard InChI is InChI=1S/C18H19F2N3O/c1-12-5-3-4-6-16(12)22-7-8-23(13(2)11-22)18(24)17-15(20)9-14(19)10-21-17/h3-6,9-10,13H,7-8,11H2,1-2H3/t13-/m1/s1. The second kappa shape index (κ2) is 6.55. The summed E-state index contributed by atoms with van der Waals surface area (Å²) in [6, 6.07) is 8.68. The number of hydrogen-bond donors (Lipinski definition) is 0. The van der Waals surface area contributed by atoms with Crippen molar-refractivity contribution in [1.82, 2.24) is 9.88 Å². The molecule has 1 aromatic heterocycles. The molecule has 0 unspecified atom stereocenters. The fourth-order valence-corrected chi connectivity index (χ4v) is 3.10. The maximum absolute atomic E-state index is 13.8. The lowest BCUT2D eigenvalue weighted by Crippen LogP contribution is -2.54. The molecule has 0 radical (unpaired) electrons. The van der Waals surface area contributed by atoms with Crippen molar-refractivity contribution < 1.29 is 13.6 Å². The Morgan fingerprint density at radius 1 is 1.25 bits per heavy atom.